The lowest BCUT2D eigenvalue weighted by Gasteiger charge is -2.28. The lowest BCUT2D eigenvalue weighted by Crippen LogP contribution is -2.11. The monoisotopic (exact) mass is 839 g/mol. The Bertz CT molecular complexity index is 4020. The molecule has 15 aromatic rings. The largest absolute Gasteiger partial charge is 0.308 e. The SMILES string of the molecule is c1ccc(N(c2ccccc2)c2c3ccccc3cc3c4cccc5c6c7c8cccc9c%10cc%11ccccc%11c(N(c%11ccccc%11)c%11ccccc%11)c%10n(c7ncc6n(c23)c45)c98)cc1. The molecule has 0 atom stereocenters. The minimum atomic E-state index is 0.959. The number of hydrogen-bond donors (Lipinski definition) is 0. The molecule has 0 aliphatic heterocycles. The van der Waals surface area contributed by atoms with Gasteiger partial charge in [0.2, 0.25) is 0 Å². The van der Waals surface area contributed by atoms with Crippen LogP contribution in [0.15, 0.2) is 225 Å². The first kappa shape index (κ1) is 35.5. The zero-order valence-electron chi connectivity index (χ0n) is 35.6. The second-order valence-electron chi connectivity index (χ2n) is 17.5. The van der Waals surface area contributed by atoms with Crippen LogP contribution >= 0.6 is 0 Å². The molecular weight excluding hydrogens is 803 g/mol. The van der Waals surface area contributed by atoms with E-state index in [9.17, 15) is 0 Å². The third-order valence-electron chi connectivity index (χ3n) is 14.1. The predicted molar refractivity (Wildman–Crippen MR) is 278 cm³/mol. The maximum Gasteiger partial charge on any atom is 0.146 e. The molecule has 0 radical (unpaired) electrons. The first-order chi connectivity index (χ1) is 32.8. The molecular formula is C61H37N5. The molecule has 5 nitrogen and oxygen atoms in total. The van der Waals surface area contributed by atoms with Gasteiger partial charge in [-0.3, -0.25) is 4.40 Å². The summed E-state index contributed by atoms with van der Waals surface area (Å²) in [5.74, 6) is 0. The maximum absolute atomic E-state index is 5.64. The molecule has 0 saturated heterocycles. The lowest BCUT2D eigenvalue weighted by atomic mass is 9.99. The fourth-order valence-corrected chi connectivity index (χ4v) is 11.5. The summed E-state index contributed by atoms with van der Waals surface area (Å²) in [6.07, 6.45) is 2.15. The van der Waals surface area contributed by atoms with E-state index in [4.69, 9.17) is 4.98 Å². The van der Waals surface area contributed by atoms with Crippen LogP contribution in [0.5, 0.6) is 0 Å². The fraction of sp³-hybridized carbons (Fsp3) is 0. The molecule has 66 heavy (non-hydrogen) atoms. The number of aromatic nitrogens is 3. The predicted octanol–water partition coefficient (Wildman–Crippen LogP) is 16.6. The number of hydrogen-bond acceptors (Lipinski definition) is 3. The molecule has 0 spiro atoms. The van der Waals surface area contributed by atoms with Crippen molar-refractivity contribution in [3.63, 3.8) is 0 Å². The number of fused-ring (bicyclic) bond motifs is 15. The number of benzene rings is 10. The van der Waals surface area contributed by atoms with Crippen molar-refractivity contribution in [1.82, 2.24) is 13.8 Å². The maximum atomic E-state index is 5.64. The summed E-state index contributed by atoms with van der Waals surface area (Å²) >= 11 is 0. The van der Waals surface area contributed by atoms with Crippen molar-refractivity contribution < 1.29 is 0 Å². The zero-order valence-corrected chi connectivity index (χ0v) is 35.6. The van der Waals surface area contributed by atoms with Crippen molar-refractivity contribution >= 4 is 132 Å². The summed E-state index contributed by atoms with van der Waals surface area (Å²) in [5.41, 5.74) is 13.5. The van der Waals surface area contributed by atoms with E-state index in [1.165, 1.54) is 81.2 Å². The van der Waals surface area contributed by atoms with Gasteiger partial charge in [-0.05, 0) is 71.4 Å². The number of para-hydroxylation sites is 6. The summed E-state index contributed by atoms with van der Waals surface area (Å²) < 4.78 is 5.01. The molecule has 0 saturated carbocycles. The average molecular weight is 840 g/mol. The molecule has 15 rings (SSSR count). The molecule has 0 unspecified atom stereocenters. The van der Waals surface area contributed by atoms with E-state index in [-0.39, 0.29) is 0 Å². The van der Waals surface area contributed by atoms with Crippen molar-refractivity contribution in [3.05, 3.63) is 225 Å². The molecule has 10 aromatic carbocycles. The first-order valence-electron chi connectivity index (χ1n) is 22.6. The van der Waals surface area contributed by atoms with Gasteiger partial charge >= 0.3 is 0 Å². The van der Waals surface area contributed by atoms with E-state index in [2.05, 4.69) is 243 Å². The Hall–Kier alpha value is -8.93. The standard InChI is InChI=1S/C61H37N5/c1-5-21-40(22-6-1)63(41-23-7-2-8-24-41)57-44-29-15-13-19-38(44)35-50-46-31-17-33-48-53-52(65(55(46)48)59(50)57)37-62-61-54(53)49-34-18-32-47-51-36-39-20-14-16-30-45(39)58(60(51)66(61)56(47)49)64(42-25-9-3-10-26-42)43-27-11-4-12-28-43/h1-37H. The first-order valence-corrected chi connectivity index (χ1v) is 22.6. The highest BCUT2D eigenvalue weighted by molar-refractivity contribution is 6.37. The van der Waals surface area contributed by atoms with E-state index in [1.54, 1.807) is 0 Å². The van der Waals surface area contributed by atoms with Gasteiger partial charge in [0, 0.05) is 76.6 Å². The molecule has 0 fully saturated rings. The Morgan fingerprint density at radius 2 is 0.682 bits per heavy atom. The van der Waals surface area contributed by atoms with Gasteiger partial charge in [-0.25, -0.2) is 4.98 Å². The highest BCUT2D eigenvalue weighted by Gasteiger charge is 2.30. The van der Waals surface area contributed by atoms with Crippen LogP contribution in [0.25, 0.3) is 97.9 Å². The van der Waals surface area contributed by atoms with Crippen LogP contribution in [0.4, 0.5) is 34.1 Å². The van der Waals surface area contributed by atoms with E-state index in [0.717, 1.165) is 50.8 Å². The van der Waals surface area contributed by atoms with Crippen LogP contribution in [0, 0.1) is 0 Å². The third-order valence-corrected chi connectivity index (χ3v) is 14.1. The van der Waals surface area contributed by atoms with Crippen molar-refractivity contribution in [1.29, 1.82) is 0 Å². The van der Waals surface area contributed by atoms with E-state index >= 15 is 0 Å². The van der Waals surface area contributed by atoms with Gasteiger partial charge in [-0.1, -0.05) is 158 Å². The third kappa shape index (κ3) is 4.65. The summed E-state index contributed by atoms with van der Waals surface area (Å²) in [4.78, 5) is 10.5. The number of nitrogens with zero attached hydrogens (tertiary/aromatic N) is 5. The van der Waals surface area contributed by atoms with E-state index < -0.39 is 0 Å². The van der Waals surface area contributed by atoms with Crippen LogP contribution in [0.2, 0.25) is 0 Å². The van der Waals surface area contributed by atoms with Crippen molar-refractivity contribution in [2.45, 2.75) is 0 Å². The average Bonchev–Trinajstić information content (AvgIpc) is 4.11. The Kier molecular flexibility index (Phi) is 7.16. The van der Waals surface area contributed by atoms with Crippen LogP contribution < -0.4 is 9.80 Å². The number of pyridine rings is 1. The fourth-order valence-electron chi connectivity index (χ4n) is 11.5. The molecule has 0 aliphatic carbocycles. The molecule has 0 bridgehead atoms. The topological polar surface area (TPSA) is 28.2 Å². The normalized spacial score (nSPS) is 12.2. The Morgan fingerprint density at radius 1 is 0.303 bits per heavy atom. The summed E-state index contributed by atoms with van der Waals surface area (Å²) in [5, 5.41) is 14.5. The van der Waals surface area contributed by atoms with Gasteiger partial charge in [0.1, 0.15) is 5.65 Å². The van der Waals surface area contributed by atoms with Crippen molar-refractivity contribution in [3.8, 4) is 0 Å². The minimum absolute atomic E-state index is 0.959. The van der Waals surface area contributed by atoms with Crippen LogP contribution in [-0.2, 0) is 0 Å². The minimum Gasteiger partial charge on any atom is -0.308 e. The number of anilines is 6. The smallest absolute Gasteiger partial charge is 0.146 e. The van der Waals surface area contributed by atoms with E-state index in [0.29, 0.717) is 0 Å². The number of rotatable bonds is 6. The van der Waals surface area contributed by atoms with Crippen molar-refractivity contribution in [2.75, 3.05) is 9.80 Å². The van der Waals surface area contributed by atoms with Crippen LogP contribution in [-0.4, -0.2) is 13.8 Å². The van der Waals surface area contributed by atoms with Crippen molar-refractivity contribution in [2.24, 2.45) is 0 Å². The summed E-state index contributed by atoms with van der Waals surface area (Å²) in [6.45, 7) is 0. The molecule has 5 heterocycles. The Morgan fingerprint density at radius 3 is 1.17 bits per heavy atom. The highest BCUT2D eigenvalue weighted by Crippen LogP contribution is 2.53. The van der Waals surface area contributed by atoms with Crippen LogP contribution in [0.3, 0.4) is 0 Å². The second kappa shape index (κ2) is 13.3. The lowest BCUT2D eigenvalue weighted by molar-refractivity contribution is 1.24. The summed E-state index contributed by atoms with van der Waals surface area (Å²) in [7, 11) is 0. The highest BCUT2D eigenvalue weighted by atomic mass is 15.2. The second-order valence-corrected chi connectivity index (χ2v) is 17.5. The van der Waals surface area contributed by atoms with Gasteiger partial charge < -0.3 is 14.2 Å². The molecule has 0 N–H and O–H groups in total. The van der Waals surface area contributed by atoms with E-state index in [1.807, 2.05) is 0 Å². The molecule has 5 heteroatoms. The van der Waals surface area contributed by atoms with Gasteiger partial charge in [0.25, 0.3) is 0 Å². The Balaban J connectivity index is 1.13. The molecule has 0 amide bonds. The van der Waals surface area contributed by atoms with Gasteiger partial charge in [-0.2, -0.15) is 0 Å². The molecule has 0 aliphatic rings. The van der Waals surface area contributed by atoms with Gasteiger partial charge in [0.15, 0.2) is 0 Å². The quantitative estimate of drug-likeness (QED) is 0.167. The molecule has 5 aromatic heterocycles. The molecule has 306 valence electrons. The van der Waals surface area contributed by atoms with Gasteiger partial charge in [-0.15, -0.1) is 0 Å². The zero-order chi connectivity index (χ0) is 43.0. The Labute approximate surface area is 378 Å². The van der Waals surface area contributed by atoms with Crippen LogP contribution in [0.1, 0.15) is 0 Å². The summed E-state index contributed by atoms with van der Waals surface area (Å²) in [6, 6.07) is 79.4. The van der Waals surface area contributed by atoms with Gasteiger partial charge in [0.05, 0.1) is 45.2 Å².